The van der Waals surface area contributed by atoms with Crippen LogP contribution in [0.15, 0.2) is 12.4 Å². The van der Waals surface area contributed by atoms with E-state index in [1.807, 2.05) is 13.2 Å². The summed E-state index contributed by atoms with van der Waals surface area (Å²) in [4.78, 5) is 23.6. The Labute approximate surface area is 136 Å². The molecule has 124 valence electrons. The number of ether oxygens (including phenoxy) is 1. The van der Waals surface area contributed by atoms with E-state index in [4.69, 9.17) is 0 Å². The molecule has 0 bridgehead atoms. The van der Waals surface area contributed by atoms with E-state index in [1.165, 1.54) is 7.11 Å². The van der Waals surface area contributed by atoms with Crippen LogP contribution >= 0.6 is 12.4 Å². The highest BCUT2D eigenvalue weighted by Crippen LogP contribution is 2.28. The van der Waals surface area contributed by atoms with Gasteiger partial charge in [0.15, 0.2) is 0 Å². The highest BCUT2D eigenvalue weighted by molar-refractivity contribution is 5.85. The predicted molar refractivity (Wildman–Crippen MR) is 83.8 cm³/mol. The van der Waals surface area contributed by atoms with Crippen molar-refractivity contribution in [3.63, 3.8) is 0 Å². The van der Waals surface area contributed by atoms with Gasteiger partial charge >= 0.3 is 5.97 Å². The van der Waals surface area contributed by atoms with Crippen molar-refractivity contribution in [1.29, 1.82) is 0 Å². The van der Waals surface area contributed by atoms with Crippen molar-refractivity contribution < 1.29 is 14.3 Å². The van der Waals surface area contributed by atoms with Crippen LogP contribution < -0.4 is 10.6 Å². The largest absolute Gasteiger partial charge is 0.469 e. The second-order valence-electron chi connectivity index (χ2n) is 5.51. The van der Waals surface area contributed by atoms with Crippen LogP contribution in [0.3, 0.4) is 0 Å². The van der Waals surface area contributed by atoms with Gasteiger partial charge in [0.2, 0.25) is 5.91 Å². The molecule has 0 aromatic carbocycles. The molecule has 1 aromatic rings. The molecule has 1 fully saturated rings. The molecule has 2 heterocycles. The average Bonchev–Trinajstić information content (AvgIpc) is 3.06. The van der Waals surface area contributed by atoms with Crippen LogP contribution in [-0.4, -0.2) is 47.9 Å². The van der Waals surface area contributed by atoms with Gasteiger partial charge in [0, 0.05) is 38.3 Å². The Balaban J connectivity index is 0.00000242. The number of esters is 1. The van der Waals surface area contributed by atoms with Crippen molar-refractivity contribution >= 4 is 24.3 Å². The molecule has 0 spiro atoms. The molecule has 1 aliphatic heterocycles. The Morgan fingerprint density at radius 3 is 2.86 bits per heavy atom. The molecule has 0 saturated carbocycles. The number of hydrogen-bond donors (Lipinski definition) is 2. The number of hydrogen-bond acceptors (Lipinski definition) is 5. The van der Waals surface area contributed by atoms with E-state index in [9.17, 15) is 9.59 Å². The number of rotatable bonds is 5. The Hall–Kier alpha value is -1.60. The standard InChI is InChI=1S/C14H22N4O3.ClH/c1-9(4-13(19)21-3)17-14(20)12-7-15-6-11(12)10-5-16-18(2)8-10;/h5,8-9,11-12,15H,4,6-7H2,1-3H3,(H,17,20);1H/t9?,11-,12+;/m1./s1. The Morgan fingerprint density at radius 1 is 1.55 bits per heavy atom. The van der Waals surface area contributed by atoms with E-state index in [-0.39, 0.29) is 48.6 Å². The first kappa shape index (κ1) is 18.4. The molecule has 3 atom stereocenters. The number of amides is 1. The molecule has 2 N–H and O–H groups in total. The van der Waals surface area contributed by atoms with Crippen LogP contribution in [0, 0.1) is 5.92 Å². The highest BCUT2D eigenvalue weighted by Gasteiger charge is 2.35. The summed E-state index contributed by atoms with van der Waals surface area (Å²) in [6.07, 6.45) is 3.92. The molecule has 22 heavy (non-hydrogen) atoms. The second kappa shape index (κ2) is 8.14. The zero-order valence-corrected chi connectivity index (χ0v) is 13.9. The van der Waals surface area contributed by atoms with Crippen LogP contribution in [-0.2, 0) is 21.4 Å². The van der Waals surface area contributed by atoms with Crippen molar-refractivity contribution in [2.45, 2.75) is 25.3 Å². The summed E-state index contributed by atoms with van der Waals surface area (Å²) in [6, 6.07) is -0.236. The van der Waals surface area contributed by atoms with Gasteiger partial charge in [-0.2, -0.15) is 5.10 Å². The summed E-state index contributed by atoms with van der Waals surface area (Å²) in [5, 5.41) is 10.3. The molecule has 0 radical (unpaired) electrons. The van der Waals surface area contributed by atoms with Gasteiger partial charge in [0.1, 0.15) is 0 Å². The monoisotopic (exact) mass is 330 g/mol. The lowest BCUT2D eigenvalue weighted by molar-refractivity contribution is -0.141. The zero-order valence-electron chi connectivity index (χ0n) is 13.0. The number of nitrogens with one attached hydrogen (secondary N) is 2. The van der Waals surface area contributed by atoms with Crippen molar-refractivity contribution in [2.24, 2.45) is 13.0 Å². The molecule has 8 heteroatoms. The zero-order chi connectivity index (χ0) is 15.4. The molecular formula is C14H23ClN4O3. The number of nitrogens with zero attached hydrogens (tertiary/aromatic N) is 2. The minimum absolute atomic E-state index is 0. The van der Waals surface area contributed by atoms with Crippen LogP contribution in [0.25, 0.3) is 0 Å². The quantitative estimate of drug-likeness (QED) is 0.754. The molecular weight excluding hydrogens is 308 g/mol. The lowest BCUT2D eigenvalue weighted by atomic mass is 9.90. The second-order valence-corrected chi connectivity index (χ2v) is 5.51. The van der Waals surface area contributed by atoms with E-state index in [2.05, 4.69) is 20.5 Å². The van der Waals surface area contributed by atoms with Crippen LogP contribution in [0.1, 0.15) is 24.8 Å². The van der Waals surface area contributed by atoms with E-state index in [1.54, 1.807) is 17.8 Å². The molecule has 7 nitrogen and oxygen atoms in total. The van der Waals surface area contributed by atoms with Crippen LogP contribution in [0.2, 0.25) is 0 Å². The third-order valence-corrected chi connectivity index (χ3v) is 3.79. The first-order valence-electron chi connectivity index (χ1n) is 7.07. The lowest BCUT2D eigenvalue weighted by Crippen LogP contribution is -2.40. The SMILES string of the molecule is COC(=O)CC(C)NC(=O)[C@H]1CNC[C@@H]1c1cnn(C)c1.Cl. The minimum Gasteiger partial charge on any atom is -0.469 e. The van der Waals surface area contributed by atoms with Crippen molar-refractivity contribution in [3.05, 3.63) is 18.0 Å². The summed E-state index contributed by atoms with van der Waals surface area (Å²) in [7, 11) is 3.20. The molecule has 1 unspecified atom stereocenters. The number of aromatic nitrogens is 2. The van der Waals surface area contributed by atoms with E-state index in [0.29, 0.717) is 6.54 Å². The summed E-state index contributed by atoms with van der Waals surface area (Å²) < 4.78 is 6.35. The number of carbonyl (C=O) groups excluding carboxylic acids is 2. The molecule has 1 aromatic heterocycles. The molecule has 0 aliphatic carbocycles. The van der Waals surface area contributed by atoms with Gasteiger partial charge in [-0.25, -0.2) is 0 Å². The molecule has 1 amide bonds. The number of aryl methyl sites for hydroxylation is 1. The lowest BCUT2D eigenvalue weighted by Gasteiger charge is -2.20. The van der Waals surface area contributed by atoms with Crippen LogP contribution in [0.4, 0.5) is 0 Å². The number of methoxy groups -OCH3 is 1. The van der Waals surface area contributed by atoms with Crippen LogP contribution in [0.5, 0.6) is 0 Å². The minimum atomic E-state index is -0.323. The van der Waals surface area contributed by atoms with Crippen molar-refractivity contribution in [3.8, 4) is 0 Å². The highest BCUT2D eigenvalue weighted by atomic mass is 35.5. The predicted octanol–water partition coefficient (Wildman–Crippen LogP) is 0.213. The van der Waals surface area contributed by atoms with Crippen molar-refractivity contribution in [1.82, 2.24) is 20.4 Å². The fourth-order valence-corrected chi connectivity index (χ4v) is 2.67. The number of carbonyl (C=O) groups is 2. The topological polar surface area (TPSA) is 85.2 Å². The normalized spacial score (nSPS) is 21.8. The van der Waals surface area contributed by atoms with Gasteiger partial charge in [-0.1, -0.05) is 0 Å². The van der Waals surface area contributed by atoms with Gasteiger partial charge in [0.05, 0.1) is 25.6 Å². The summed E-state index contributed by atoms with van der Waals surface area (Å²) in [6.45, 7) is 3.20. The fraction of sp³-hybridized carbons (Fsp3) is 0.643. The van der Waals surface area contributed by atoms with E-state index in [0.717, 1.165) is 12.1 Å². The fourth-order valence-electron chi connectivity index (χ4n) is 2.67. The molecule has 1 saturated heterocycles. The van der Waals surface area contributed by atoms with Gasteiger partial charge in [0.25, 0.3) is 0 Å². The van der Waals surface area contributed by atoms with E-state index >= 15 is 0 Å². The summed E-state index contributed by atoms with van der Waals surface area (Å²) >= 11 is 0. The maximum Gasteiger partial charge on any atom is 0.307 e. The molecule has 2 rings (SSSR count). The van der Waals surface area contributed by atoms with E-state index < -0.39 is 0 Å². The van der Waals surface area contributed by atoms with Gasteiger partial charge in [-0.15, -0.1) is 12.4 Å². The Bertz CT molecular complexity index is 520. The average molecular weight is 331 g/mol. The third-order valence-electron chi connectivity index (χ3n) is 3.79. The van der Waals surface area contributed by atoms with Gasteiger partial charge in [-0.05, 0) is 12.5 Å². The smallest absolute Gasteiger partial charge is 0.307 e. The number of halogens is 1. The maximum absolute atomic E-state index is 12.4. The summed E-state index contributed by atoms with van der Waals surface area (Å²) in [5.74, 6) is -0.389. The van der Waals surface area contributed by atoms with Crippen molar-refractivity contribution in [2.75, 3.05) is 20.2 Å². The first-order valence-corrected chi connectivity index (χ1v) is 7.07. The molecule has 1 aliphatic rings. The Morgan fingerprint density at radius 2 is 2.27 bits per heavy atom. The third kappa shape index (κ3) is 4.45. The summed E-state index contributed by atoms with van der Waals surface area (Å²) in [5.41, 5.74) is 1.06. The Kier molecular flexibility index (Phi) is 6.83. The first-order chi connectivity index (χ1) is 10.0. The van der Waals surface area contributed by atoms with Gasteiger partial charge in [-0.3, -0.25) is 14.3 Å². The van der Waals surface area contributed by atoms with Gasteiger partial charge < -0.3 is 15.4 Å². The maximum atomic E-state index is 12.4.